The van der Waals surface area contributed by atoms with Crippen molar-refractivity contribution in [2.45, 2.75) is 33.0 Å². The molecule has 5 heteroatoms. The molecular weight excluding hydrogens is 167 g/mol. The predicted molar refractivity (Wildman–Crippen MR) is 40.3 cm³/mol. The van der Waals surface area contributed by atoms with Gasteiger partial charge in [-0.2, -0.15) is 0 Å². The molecule has 0 radical (unpaired) electrons. The van der Waals surface area contributed by atoms with Crippen molar-refractivity contribution in [2.75, 3.05) is 6.61 Å². The van der Waals surface area contributed by atoms with Gasteiger partial charge in [0.15, 0.2) is 0 Å². The summed E-state index contributed by atoms with van der Waals surface area (Å²) in [6.07, 6.45) is -0.292. The fraction of sp³-hybridized carbons (Fsp3) is 1.00. The highest BCUT2D eigenvalue weighted by molar-refractivity contribution is 7.48. The summed E-state index contributed by atoms with van der Waals surface area (Å²) in [5.41, 5.74) is 0. The maximum Gasteiger partial charge on any atom is 0.475 e. The molecule has 4 nitrogen and oxygen atoms in total. The normalized spacial score (nSPS) is 35.9. The van der Waals surface area contributed by atoms with E-state index in [1.807, 2.05) is 13.8 Å². The quantitative estimate of drug-likeness (QED) is 0.609. The van der Waals surface area contributed by atoms with Crippen molar-refractivity contribution in [3.8, 4) is 0 Å². The maximum atomic E-state index is 11.4. The van der Waals surface area contributed by atoms with Gasteiger partial charge in [0.1, 0.15) is 0 Å². The third-order valence-electron chi connectivity index (χ3n) is 1.54. The predicted octanol–water partition coefficient (Wildman–Crippen LogP) is 1.95. The molecule has 1 rings (SSSR count). The van der Waals surface area contributed by atoms with E-state index in [0.29, 0.717) is 6.61 Å². The molecule has 1 saturated heterocycles. The number of rotatable bonds is 2. The Morgan fingerprint density at radius 1 is 1.36 bits per heavy atom. The fourth-order valence-corrected chi connectivity index (χ4v) is 2.47. The van der Waals surface area contributed by atoms with E-state index in [-0.39, 0.29) is 12.2 Å². The Hall–Kier alpha value is 0.110. The Bertz CT molecular complexity index is 167. The summed E-state index contributed by atoms with van der Waals surface area (Å²) in [6.45, 7) is 5.71. The van der Waals surface area contributed by atoms with Crippen LogP contribution in [-0.2, 0) is 18.1 Å². The number of hydrogen-bond acceptors (Lipinski definition) is 4. The van der Waals surface area contributed by atoms with Gasteiger partial charge in [-0.3, -0.25) is 13.6 Å². The second-order valence-electron chi connectivity index (χ2n) is 2.49. The van der Waals surface area contributed by atoms with Gasteiger partial charge in [0.25, 0.3) is 0 Å². The molecule has 0 aromatic heterocycles. The second kappa shape index (κ2) is 3.23. The van der Waals surface area contributed by atoms with E-state index in [2.05, 4.69) is 0 Å². The molecule has 0 N–H and O–H groups in total. The van der Waals surface area contributed by atoms with Gasteiger partial charge in [-0.05, 0) is 20.8 Å². The zero-order valence-electron chi connectivity index (χ0n) is 6.94. The molecule has 0 bridgehead atoms. The summed E-state index contributed by atoms with van der Waals surface area (Å²) in [7, 11) is -3.18. The van der Waals surface area contributed by atoms with Crippen LogP contribution in [0.25, 0.3) is 0 Å². The Kier molecular flexibility index (Phi) is 2.70. The highest BCUT2D eigenvalue weighted by Crippen LogP contribution is 2.56. The zero-order chi connectivity index (χ0) is 8.48. The van der Waals surface area contributed by atoms with Crippen molar-refractivity contribution in [3.63, 3.8) is 0 Å². The summed E-state index contributed by atoms with van der Waals surface area (Å²) in [5.74, 6) is 0. The number of phosphoric ester groups is 1. The topological polar surface area (TPSA) is 44.8 Å². The van der Waals surface area contributed by atoms with Gasteiger partial charge in [-0.15, -0.1) is 0 Å². The van der Waals surface area contributed by atoms with E-state index in [4.69, 9.17) is 13.6 Å². The molecule has 0 aromatic rings. The largest absolute Gasteiger partial charge is 0.475 e. The minimum Gasteiger partial charge on any atom is -0.287 e. The molecule has 0 amide bonds. The van der Waals surface area contributed by atoms with Crippen LogP contribution in [0.4, 0.5) is 0 Å². The van der Waals surface area contributed by atoms with Crippen molar-refractivity contribution in [2.24, 2.45) is 0 Å². The summed E-state index contributed by atoms with van der Waals surface area (Å²) in [6, 6.07) is 0. The van der Waals surface area contributed by atoms with Gasteiger partial charge in [-0.1, -0.05) is 0 Å². The van der Waals surface area contributed by atoms with E-state index < -0.39 is 7.82 Å². The van der Waals surface area contributed by atoms with Crippen LogP contribution < -0.4 is 0 Å². The van der Waals surface area contributed by atoms with Crippen LogP contribution in [0.15, 0.2) is 0 Å². The molecule has 0 unspecified atom stereocenters. The van der Waals surface area contributed by atoms with Crippen molar-refractivity contribution >= 4 is 7.82 Å². The minimum absolute atomic E-state index is 0.146. The van der Waals surface area contributed by atoms with Gasteiger partial charge in [0, 0.05) is 0 Å². The van der Waals surface area contributed by atoms with Crippen molar-refractivity contribution < 1.29 is 18.1 Å². The molecule has 11 heavy (non-hydrogen) atoms. The lowest BCUT2D eigenvalue weighted by Gasteiger charge is -2.07. The summed E-state index contributed by atoms with van der Waals surface area (Å²) in [5, 5.41) is 0. The van der Waals surface area contributed by atoms with Crippen LogP contribution in [0.1, 0.15) is 20.8 Å². The monoisotopic (exact) mass is 180 g/mol. The Morgan fingerprint density at radius 2 is 1.82 bits per heavy atom. The molecule has 66 valence electrons. The highest BCUT2D eigenvalue weighted by atomic mass is 31.2. The molecule has 1 fully saturated rings. The lowest BCUT2D eigenvalue weighted by atomic mass is 10.3. The van der Waals surface area contributed by atoms with E-state index in [0.717, 1.165) is 0 Å². The average Bonchev–Trinajstić information content (AvgIpc) is 2.08. The van der Waals surface area contributed by atoms with Crippen LogP contribution in [0.2, 0.25) is 0 Å². The van der Waals surface area contributed by atoms with Crippen LogP contribution in [0, 0.1) is 0 Å². The number of phosphoric acid groups is 1. The first-order chi connectivity index (χ1) is 5.07. The third kappa shape index (κ3) is 2.03. The lowest BCUT2D eigenvalue weighted by Crippen LogP contribution is -2.13. The van der Waals surface area contributed by atoms with E-state index in [1.165, 1.54) is 0 Å². The minimum atomic E-state index is -3.18. The Balaban J connectivity index is 2.57. The highest BCUT2D eigenvalue weighted by Gasteiger charge is 2.41. The summed E-state index contributed by atoms with van der Waals surface area (Å²) in [4.78, 5) is 0. The molecule has 0 aliphatic carbocycles. The standard InChI is InChI=1S/C6H13O4P/c1-4-8-11(7)9-5(2)6(3)10-11/h5-6H,4H2,1-3H3/t5-,6-/m0/s1. The molecule has 0 saturated carbocycles. The van der Waals surface area contributed by atoms with E-state index in [1.54, 1.807) is 6.92 Å². The first-order valence-corrected chi connectivity index (χ1v) is 5.15. The first kappa shape index (κ1) is 9.20. The van der Waals surface area contributed by atoms with Crippen molar-refractivity contribution in [1.29, 1.82) is 0 Å². The van der Waals surface area contributed by atoms with E-state index in [9.17, 15) is 4.57 Å². The molecule has 2 atom stereocenters. The maximum absolute atomic E-state index is 11.4. The second-order valence-corrected chi connectivity index (χ2v) is 4.06. The van der Waals surface area contributed by atoms with Crippen LogP contribution >= 0.6 is 7.82 Å². The van der Waals surface area contributed by atoms with Gasteiger partial charge in [0.2, 0.25) is 0 Å². The van der Waals surface area contributed by atoms with Crippen LogP contribution in [-0.4, -0.2) is 18.8 Å². The summed E-state index contributed by atoms with van der Waals surface area (Å²) < 4.78 is 26.2. The number of hydrogen-bond donors (Lipinski definition) is 0. The average molecular weight is 180 g/mol. The molecule has 0 spiro atoms. The van der Waals surface area contributed by atoms with Crippen LogP contribution in [0.5, 0.6) is 0 Å². The Labute approximate surface area is 66.4 Å². The van der Waals surface area contributed by atoms with Gasteiger partial charge in [0.05, 0.1) is 18.8 Å². The Morgan fingerprint density at radius 3 is 2.18 bits per heavy atom. The van der Waals surface area contributed by atoms with Crippen LogP contribution in [0.3, 0.4) is 0 Å². The van der Waals surface area contributed by atoms with Gasteiger partial charge in [-0.25, -0.2) is 4.57 Å². The van der Waals surface area contributed by atoms with Gasteiger partial charge < -0.3 is 0 Å². The van der Waals surface area contributed by atoms with Gasteiger partial charge >= 0.3 is 7.82 Å². The smallest absolute Gasteiger partial charge is 0.287 e. The van der Waals surface area contributed by atoms with Crippen molar-refractivity contribution in [1.82, 2.24) is 0 Å². The lowest BCUT2D eigenvalue weighted by molar-refractivity contribution is 0.185. The molecule has 1 heterocycles. The van der Waals surface area contributed by atoms with Crippen molar-refractivity contribution in [3.05, 3.63) is 0 Å². The zero-order valence-corrected chi connectivity index (χ0v) is 7.84. The first-order valence-electron chi connectivity index (χ1n) is 3.69. The molecule has 1 aliphatic heterocycles. The van der Waals surface area contributed by atoms with E-state index >= 15 is 0 Å². The SMILES string of the molecule is CCOP1(=O)O[C@@H](C)[C@H](C)O1. The summed E-state index contributed by atoms with van der Waals surface area (Å²) >= 11 is 0. The molecule has 1 aliphatic rings. The third-order valence-corrected chi connectivity index (χ3v) is 3.29. The fourth-order valence-electron chi connectivity index (χ4n) is 0.822. The molecular formula is C6H13O4P. The molecule has 0 aromatic carbocycles.